The van der Waals surface area contributed by atoms with Crippen LogP contribution in [0.4, 0.5) is 5.69 Å². The topological polar surface area (TPSA) is 119 Å². The number of hydrogen-bond donors (Lipinski definition) is 2. The van der Waals surface area contributed by atoms with Crippen molar-refractivity contribution in [2.75, 3.05) is 18.5 Å². The van der Waals surface area contributed by atoms with Crippen LogP contribution >= 0.6 is 0 Å². The molecule has 0 saturated carbocycles. The molecule has 8 nitrogen and oxygen atoms in total. The molecule has 3 N–H and O–H groups in total. The second-order valence-corrected chi connectivity index (χ2v) is 7.66. The van der Waals surface area contributed by atoms with Crippen LogP contribution in [0.2, 0.25) is 0 Å². The summed E-state index contributed by atoms with van der Waals surface area (Å²) in [7, 11) is -3.80. The van der Waals surface area contributed by atoms with E-state index in [-0.39, 0.29) is 24.0 Å². The minimum Gasteiger partial charge on any atom is -0.369 e. The van der Waals surface area contributed by atoms with Crippen molar-refractivity contribution in [3.63, 3.8) is 0 Å². The van der Waals surface area contributed by atoms with Gasteiger partial charge in [-0.15, -0.1) is 0 Å². The molecular formula is C18H19N3O5S. The Bertz CT molecular complexity index is 929. The molecule has 142 valence electrons. The number of ether oxygens (including phenoxy) is 1. The molecule has 1 atom stereocenters. The summed E-state index contributed by atoms with van der Waals surface area (Å²) in [5.74, 6) is -0.683. The number of anilines is 1. The molecule has 3 rings (SSSR count). The molecule has 1 saturated heterocycles. The Morgan fingerprint density at radius 2 is 1.81 bits per heavy atom. The molecular weight excluding hydrogens is 370 g/mol. The summed E-state index contributed by atoms with van der Waals surface area (Å²) in [6, 6.07) is 14.0. The molecule has 1 aliphatic rings. The molecule has 0 bridgehead atoms. The monoisotopic (exact) mass is 389 g/mol. The SMILES string of the molecule is NS(=O)(=O)c1ccc(NC(=O)[C@H]2COCC(=O)N2Cc2ccccc2)cc1. The van der Waals surface area contributed by atoms with Gasteiger partial charge in [-0.05, 0) is 29.8 Å². The molecule has 9 heteroatoms. The third-order valence-electron chi connectivity index (χ3n) is 4.15. The number of nitrogens with two attached hydrogens (primary N) is 1. The fourth-order valence-corrected chi connectivity index (χ4v) is 3.27. The van der Waals surface area contributed by atoms with E-state index in [0.29, 0.717) is 12.2 Å². The Morgan fingerprint density at radius 1 is 1.15 bits per heavy atom. The van der Waals surface area contributed by atoms with Crippen LogP contribution in [0, 0.1) is 0 Å². The first-order chi connectivity index (χ1) is 12.8. The maximum atomic E-state index is 12.7. The van der Waals surface area contributed by atoms with E-state index in [1.54, 1.807) is 0 Å². The van der Waals surface area contributed by atoms with Crippen molar-refractivity contribution in [1.29, 1.82) is 0 Å². The van der Waals surface area contributed by atoms with Gasteiger partial charge in [0.2, 0.25) is 21.8 Å². The molecule has 2 aromatic carbocycles. The van der Waals surface area contributed by atoms with Gasteiger partial charge in [0.25, 0.3) is 0 Å². The van der Waals surface area contributed by atoms with Gasteiger partial charge < -0.3 is 15.0 Å². The van der Waals surface area contributed by atoms with Crippen LogP contribution in [0.25, 0.3) is 0 Å². The second kappa shape index (κ2) is 7.87. The number of nitrogens with one attached hydrogen (secondary N) is 1. The molecule has 0 unspecified atom stereocenters. The van der Waals surface area contributed by atoms with Crippen molar-refractivity contribution in [2.24, 2.45) is 5.14 Å². The summed E-state index contributed by atoms with van der Waals surface area (Å²) in [6.45, 7) is 0.310. The number of carbonyl (C=O) groups excluding carboxylic acids is 2. The number of rotatable bonds is 5. The van der Waals surface area contributed by atoms with Crippen molar-refractivity contribution in [3.8, 4) is 0 Å². The van der Waals surface area contributed by atoms with Crippen LogP contribution < -0.4 is 10.5 Å². The van der Waals surface area contributed by atoms with Gasteiger partial charge in [0, 0.05) is 12.2 Å². The van der Waals surface area contributed by atoms with Crippen molar-refractivity contribution in [2.45, 2.75) is 17.5 Å². The second-order valence-electron chi connectivity index (χ2n) is 6.10. The average Bonchev–Trinajstić information content (AvgIpc) is 2.64. The fraction of sp³-hybridized carbons (Fsp3) is 0.222. The van der Waals surface area contributed by atoms with E-state index >= 15 is 0 Å². The van der Waals surface area contributed by atoms with Gasteiger partial charge in [-0.2, -0.15) is 0 Å². The number of amides is 2. The Balaban J connectivity index is 1.74. The maximum Gasteiger partial charge on any atom is 0.249 e. The predicted molar refractivity (Wildman–Crippen MR) is 98.0 cm³/mol. The van der Waals surface area contributed by atoms with E-state index in [9.17, 15) is 18.0 Å². The lowest BCUT2D eigenvalue weighted by atomic mass is 10.1. The highest BCUT2D eigenvalue weighted by atomic mass is 32.2. The third kappa shape index (κ3) is 4.70. The van der Waals surface area contributed by atoms with E-state index in [4.69, 9.17) is 9.88 Å². The first kappa shape index (κ1) is 19.0. The molecule has 0 aromatic heterocycles. The van der Waals surface area contributed by atoms with Gasteiger partial charge in [0.05, 0.1) is 11.5 Å². The summed E-state index contributed by atoms with van der Waals surface area (Å²) in [5, 5.41) is 7.73. The van der Waals surface area contributed by atoms with Crippen LogP contribution in [0.5, 0.6) is 0 Å². The number of primary sulfonamides is 1. The van der Waals surface area contributed by atoms with Gasteiger partial charge in [0.1, 0.15) is 12.6 Å². The van der Waals surface area contributed by atoms with Crippen LogP contribution in [0.3, 0.4) is 0 Å². The summed E-state index contributed by atoms with van der Waals surface area (Å²) < 4.78 is 27.8. The van der Waals surface area contributed by atoms with Crippen LogP contribution in [-0.4, -0.2) is 44.4 Å². The van der Waals surface area contributed by atoms with Crippen molar-refractivity contribution < 1.29 is 22.7 Å². The number of sulfonamides is 1. The highest BCUT2D eigenvalue weighted by Gasteiger charge is 2.34. The standard InChI is InChI=1S/C18H19N3O5S/c19-27(24,25)15-8-6-14(7-9-15)20-18(23)16-11-26-12-17(22)21(16)10-13-4-2-1-3-5-13/h1-9,16H,10-12H2,(H,20,23)(H2,19,24,25)/t16-/m1/s1. The largest absolute Gasteiger partial charge is 0.369 e. The minimum absolute atomic E-state index is 0.0534. The third-order valence-corrected chi connectivity index (χ3v) is 5.08. The van der Waals surface area contributed by atoms with Gasteiger partial charge in [-0.25, -0.2) is 13.6 Å². The first-order valence-electron chi connectivity index (χ1n) is 8.19. The van der Waals surface area contributed by atoms with E-state index in [0.717, 1.165) is 5.56 Å². The number of benzene rings is 2. The Hall–Kier alpha value is -2.75. The molecule has 2 amide bonds. The molecule has 1 heterocycles. The zero-order chi connectivity index (χ0) is 19.4. The normalized spacial score (nSPS) is 17.6. The smallest absolute Gasteiger partial charge is 0.249 e. The number of morpholine rings is 1. The van der Waals surface area contributed by atoms with Gasteiger partial charge in [-0.3, -0.25) is 9.59 Å². The highest BCUT2D eigenvalue weighted by Crippen LogP contribution is 2.17. The Kier molecular flexibility index (Phi) is 5.54. The molecule has 27 heavy (non-hydrogen) atoms. The molecule has 0 aliphatic carbocycles. The number of hydrogen-bond acceptors (Lipinski definition) is 5. The molecule has 2 aromatic rings. The predicted octanol–water partition coefficient (Wildman–Crippen LogP) is 0.700. The van der Waals surface area contributed by atoms with Crippen molar-refractivity contribution >= 4 is 27.5 Å². The molecule has 0 radical (unpaired) electrons. The Labute approximate surface area is 157 Å². The summed E-state index contributed by atoms with van der Waals surface area (Å²) in [4.78, 5) is 26.4. The van der Waals surface area contributed by atoms with Crippen LogP contribution in [0.15, 0.2) is 59.5 Å². The van der Waals surface area contributed by atoms with Crippen molar-refractivity contribution in [1.82, 2.24) is 4.90 Å². The zero-order valence-corrected chi connectivity index (χ0v) is 15.2. The average molecular weight is 389 g/mol. The van der Waals surface area contributed by atoms with Crippen molar-refractivity contribution in [3.05, 3.63) is 60.2 Å². The minimum atomic E-state index is -3.80. The van der Waals surface area contributed by atoms with E-state index in [2.05, 4.69) is 5.32 Å². The highest BCUT2D eigenvalue weighted by molar-refractivity contribution is 7.89. The van der Waals surface area contributed by atoms with E-state index in [1.165, 1.54) is 29.2 Å². The number of carbonyl (C=O) groups is 2. The lowest BCUT2D eigenvalue weighted by molar-refractivity contribution is -0.154. The molecule has 1 aliphatic heterocycles. The van der Waals surface area contributed by atoms with Gasteiger partial charge in [0.15, 0.2) is 0 Å². The summed E-state index contributed by atoms with van der Waals surface area (Å²) in [5.41, 5.74) is 1.30. The zero-order valence-electron chi connectivity index (χ0n) is 14.4. The quantitative estimate of drug-likeness (QED) is 0.780. The summed E-state index contributed by atoms with van der Waals surface area (Å²) in [6.07, 6.45) is 0. The maximum absolute atomic E-state index is 12.7. The number of nitrogens with zero attached hydrogens (tertiary/aromatic N) is 1. The van der Waals surface area contributed by atoms with Gasteiger partial charge in [-0.1, -0.05) is 30.3 Å². The van der Waals surface area contributed by atoms with Crippen LogP contribution in [0.1, 0.15) is 5.56 Å². The molecule has 0 spiro atoms. The fourth-order valence-electron chi connectivity index (χ4n) is 2.75. The first-order valence-corrected chi connectivity index (χ1v) is 9.74. The van der Waals surface area contributed by atoms with Gasteiger partial charge >= 0.3 is 0 Å². The summed E-state index contributed by atoms with van der Waals surface area (Å²) >= 11 is 0. The van der Waals surface area contributed by atoms with E-state index in [1.807, 2.05) is 30.3 Å². The molecule has 1 fully saturated rings. The van der Waals surface area contributed by atoms with Crippen LogP contribution in [-0.2, 0) is 30.9 Å². The Morgan fingerprint density at radius 3 is 2.44 bits per heavy atom. The lowest BCUT2D eigenvalue weighted by Crippen LogP contribution is -2.54. The van der Waals surface area contributed by atoms with E-state index < -0.39 is 22.0 Å². The lowest BCUT2D eigenvalue weighted by Gasteiger charge is -2.34.